The molecule has 0 aliphatic heterocycles. The van der Waals surface area contributed by atoms with Crippen LogP contribution in [0.4, 0.5) is 0 Å². The molecule has 1 aromatic carbocycles. The Kier molecular flexibility index (Phi) is 9.68. The molecule has 0 atom stereocenters. The zero-order valence-corrected chi connectivity index (χ0v) is 18.0. The zero-order chi connectivity index (χ0) is 19.9. The predicted octanol–water partition coefficient (Wildman–Crippen LogP) is 4.85. The summed E-state index contributed by atoms with van der Waals surface area (Å²) in [5.41, 5.74) is 1.69. The van der Waals surface area contributed by atoms with Crippen LogP contribution in [0.3, 0.4) is 0 Å². The molecular formula is C25H25FeNO2. The molecule has 2 saturated carbocycles. The summed E-state index contributed by atoms with van der Waals surface area (Å²) in [7, 11) is 4.11. The number of carbonyl (C=O) groups excluding carboxylic acids is 1. The van der Waals surface area contributed by atoms with Gasteiger partial charge in [0.05, 0.1) is 5.92 Å². The number of benzene rings is 1. The van der Waals surface area contributed by atoms with Gasteiger partial charge in [0.1, 0.15) is 11.5 Å². The molecule has 0 amide bonds. The van der Waals surface area contributed by atoms with Crippen LogP contribution in [0.15, 0.2) is 40.8 Å². The molecule has 2 fully saturated rings. The Labute approximate surface area is 186 Å². The molecule has 1 heterocycles. The van der Waals surface area contributed by atoms with Crippen LogP contribution in [0.2, 0.25) is 0 Å². The molecule has 29 heavy (non-hydrogen) atoms. The van der Waals surface area contributed by atoms with Crippen LogP contribution in [0.5, 0.6) is 0 Å². The quantitative estimate of drug-likeness (QED) is 0.505. The summed E-state index contributed by atoms with van der Waals surface area (Å²) in [4.78, 5) is 13.5. The third-order valence-electron chi connectivity index (χ3n) is 4.40. The standard InChI is InChI=1S/C20H20NO2.C5H5.Fe/c1-14(22)15-7-9-16(10-8-15)19-11-12-20(23-19)18-6-4-5-17(18)13-21(2)3;1-2-4-5-3-1;/h4-12H,13H2,1-3H3;1-5H;. The molecule has 2 aromatic rings. The summed E-state index contributed by atoms with van der Waals surface area (Å²) in [5.74, 6) is 4.14. The minimum Gasteiger partial charge on any atom is -0.460 e. The van der Waals surface area contributed by atoms with Crippen LogP contribution in [0.25, 0.3) is 11.3 Å². The minimum absolute atomic E-state index is 0. The van der Waals surface area contributed by atoms with Crippen LogP contribution in [-0.4, -0.2) is 31.3 Å². The molecule has 0 spiro atoms. The van der Waals surface area contributed by atoms with Gasteiger partial charge in [0, 0.05) is 40.7 Å². The van der Waals surface area contributed by atoms with Crippen LogP contribution >= 0.6 is 0 Å². The Morgan fingerprint density at radius 1 is 0.828 bits per heavy atom. The van der Waals surface area contributed by atoms with Crippen molar-refractivity contribution in [2.75, 3.05) is 20.6 Å². The van der Waals surface area contributed by atoms with Crippen LogP contribution in [-0.2, 0) is 17.1 Å². The molecule has 0 bridgehead atoms. The number of hydrogen-bond donors (Lipinski definition) is 0. The van der Waals surface area contributed by atoms with E-state index >= 15 is 0 Å². The first-order valence-corrected chi connectivity index (χ1v) is 9.32. The predicted molar refractivity (Wildman–Crippen MR) is 113 cm³/mol. The van der Waals surface area contributed by atoms with Crippen molar-refractivity contribution in [3.8, 4) is 11.3 Å². The van der Waals surface area contributed by atoms with Gasteiger partial charge in [-0.05, 0) is 84.5 Å². The van der Waals surface area contributed by atoms with Crippen molar-refractivity contribution in [1.82, 2.24) is 4.90 Å². The maximum Gasteiger partial charge on any atom is 0.159 e. The number of carbonyl (C=O) groups is 1. The summed E-state index contributed by atoms with van der Waals surface area (Å²) in [6.45, 7) is 2.45. The second kappa shape index (κ2) is 11.7. The van der Waals surface area contributed by atoms with Crippen molar-refractivity contribution in [2.45, 2.75) is 6.92 Å². The van der Waals surface area contributed by atoms with Gasteiger partial charge in [0.2, 0.25) is 0 Å². The molecule has 0 N–H and O–H groups in total. The Bertz CT molecular complexity index is 739. The summed E-state index contributed by atoms with van der Waals surface area (Å²) >= 11 is 0. The Balaban J connectivity index is 0.000000437. The van der Waals surface area contributed by atoms with Gasteiger partial charge in [-0.25, -0.2) is 0 Å². The first-order valence-electron chi connectivity index (χ1n) is 9.32. The fourth-order valence-corrected chi connectivity index (χ4v) is 3.00. The molecule has 1 aromatic heterocycles. The number of furan rings is 1. The maximum absolute atomic E-state index is 11.4. The number of Topliss-reactive ketones (excluding diaryl/α,β-unsaturated/α-hetero) is 1. The molecule has 2 aliphatic rings. The molecule has 4 rings (SSSR count). The summed E-state index contributed by atoms with van der Waals surface area (Å²) in [6.07, 6.45) is 16.3. The maximum atomic E-state index is 11.4. The van der Waals surface area contributed by atoms with Gasteiger partial charge in [-0.3, -0.25) is 4.79 Å². The van der Waals surface area contributed by atoms with Gasteiger partial charge >= 0.3 is 0 Å². The van der Waals surface area contributed by atoms with Crippen molar-refractivity contribution in [2.24, 2.45) is 0 Å². The normalized spacial score (nSPS) is 17.1. The number of nitrogens with zero attached hydrogens (tertiary/aromatic N) is 1. The van der Waals surface area contributed by atoms with Crippen molar-refractivity contribution in [1.29, 1.82) is 0 Å². The van der Waals surface area contributed by atoms with Crippen LogP contribution in [0.1, 0.15) is 23.0 Å². The van der Waals surface area contributed by atoms with E-state index in [0.29, 0.717) is 5.56 Å². The molecule has 10 radical (unpaired) electrons. The van der Waals surface area contributed by atoms with Gasteiger partial charge in [0.15, 0.2) is 5.78 Å². The average Bonchev–Trinajstić information content (AvgIpc) is 3.44. The van der Waals surface area contributed by atoms with Gasteiger partial charge in [-0.1, -0.05) is 24.3 Å². The molecule has 4 heteroatoms. The summed E-state index contributed by atoms with van der Waals surface area (Å²) < 4.78 is 6.03. The third kappa shape index (κ3) is 6.84. The topological polar surface area (TPSA) is 33.5 Å². The summed E-state index contributed by atoms with van der Waals surface area (Å²) in [5, 5.41) is 0. The minimum atomic E-state index is 0. The fraction of sp³-hybridized carbons (Fsp3) is 0.160. The van der Waals surface area contributed by atoms with E-state index in [1.165, 1.54) is 5.92 Å². The van der Waals surface area contributed by atoms with E-state index in [9.17, 15) is 4.79 Å². The molecule has 3 nitrogen and oxygen atoms in total. The monoisotopic (exact) mass is 427 g/mol. The second-order valence-electron chi connectivity index (χ2n) is 6.96. The first-order chi connectivity index (χ1) is 13.5. The van der Waals surface area contributed by atoms with Crippen molar-refractivity contribution >= 4 is 5.78 Å². The molecule has 0 unspecified atom stereocenters. The largest absolute Gasteiger partial charge is 0.460 e. The number of rotatable bonds is 5. The smallest absolute Gasteiger partial charge is 0.159 e. The van der Waals surface area contributed by atoms with E-state index in [2.05, 4.69) is 38.3 Å². The Morgan fingerprint density at radius 2 is 1.41 bits per heavy atom. The number of ketones is 1. The van der Waals surface area contributed by atoms with E-state index in [0.717, 1.165) is 29.5 Å². The fourth-order valence-electron chi connectivity index (χ4n) is 3.00. The molecule has 2 aliphatic carbocycles. The molecule has 0 saturated heterocycles. The molecular weight excluding hydrogens is 402 g/mol. The van der Waals surface area contributed by atoms with Gasteiger partial charge < -0.3 is 9.32 Å². The van der Waals surface area contributed by atoms with Crippen molar-refractivity contribution in [3.63, 3.8) is 0 Å². The van der Waals surface area contributed by atoms with E-state index in [4.69, 9.17) is 4.42 Å². The van der Waals surface area contributed by atoms with E-state index in [1.807, 2.05) is 68.5 Å². The summed E-state index contributed by atoms with van der Waals surface area (Å²) in [6, 6.07) is 11.5. The molecule has 150 valence electrons. The average molecular weight is 427 g/mol. The first kappa shape index (κ1) is 23.9. The van der Waals surface area contributed by atoms with Crippen LogP contribution in [0, 0.1) is 63.2 Å². The van der Waals surface area contributed by atoms with Gasteiger partial charge in [-0.15, -0.1) is 0 Å². The van der Waals surface area contributed by atoms with E-state index in [-0.39, 0.29) is 22.9 Å². The van der Waals surface area contributed by atoms with Crippen LogP contribution < -0.4 is 0 Å². The van der Waals surface area contributed by atoms with E-state index < -0.39 is 0 Å². The third-order valence-corrected chi connectivity index (χ3v) is 4.40. The Hall–Kier alpha value is -1.35. The zero-order valence-electron chi connectivity index (χ0n) is 16.9. The van der Waals surface area contributed by atoms with Gasteiger partial charge in [0.25, 0.3) is 0 Å². The van der Waals surface area contributed by atoms with E-state index in [1.54, 1.807) is 6.92 Å². The Morgan fingerprint density at radius 3 is 1.97 bits per heavy atom. The number of hydrogen-bond acceptors (Lipinski definition) is 3. The SMILES string of the molecule is CC(=O)c1ccc(-c2ccc([C]3[CH][CH][CH][C]3CN(C)C)o2)cc1.[CH]1[CH][CH][CH][CH]1.[Fe]. The second-order valence-corrected chi connectivity index (χ2v) is 6.96. The van der Waals surface area contributed by atoms with Gasteiger partial charge in [-0.2, -0.15) is 0 Å². The van der Waals surface area contributed by atoms with Crippen molar-refractivity contribution < 1.29 is 26.3 Å². The van der Waals surface area contributed by atoms with Crippen molar-refractivity contribution in [3.05, 3.63) is 111 Å².